The molecule has 0 saturated carbocycles. The molecule has 0 fully saturated rings. The summed E-state index contributed by atoms with van der Waals surface area (Å²) >= 11 is 0. The van der Waals surface area contributed by atoms with Gasteiger partial charge in [0.15, 0.2) is 0 Å². The van der Waals surface area contributed by atoms with Crippen LogP contribution in [0.5, 0.6) is 0 Å². The second-order valence-corrected chi connectivity index (χ2v) is 3.57. The van der Waals surface area contributed by atoms with Crippen LogP contribution in [0.1, 0.15) is 5.56 Å². The molecule has 98 valence electrons. The summed E-state index contributed by atoms with van der Waals surface area (Å²) in [6.45, 7) is 0. The van der Waals surface area contributed by atoms with Gasteiger partial charge >= 0.3 is 6.18 Å². The summed E-state index contributed by atoms with van der Waals surface area (Å²) in [5, 5.41) is 9.51. The van der Waals surface area contributed by atoms with Crippen molar-refractivity contribution in [3.05, 3.63) is 29.8 Å². The highest BCUT2D eigenvalue weighted by molar-refractivity contribution is 6.02. The van der Waals surface area contributed by atoms with E-state index in [-0.39, 0.29) is 11.4 Å². The van der Waals surface area contributed by atoms with E-state index >= 15 is 0 Å². The van der Waals surface area contributed by atoms with Crippen LogP contribution >= 0.6 is 0 Å². The number of nitrogens with one attached hydrogen (secondary N) is 2. The molecule has 6 N–H and O–H groups in total. The summed E-state index contributed by atoms with van der Waals surface area (Å²) in [6, 6.07) is 4.46. The molecule has 1 aromatic rings. The molecule has 0 aliphatic carbocycles. The van der Waals surface area contributed by atoms with E-state index in [0.29, 0.717) is 17.3 Å². The van der Waals surface area contributed by atoms with Crippen molar-refractivity contribution in [2.75, 3.05) is 18.5 Å². The monoisotopic (exact) mass is 258 g/mol. The number of nitrogen functional groups attached to an aromatic ring is 2. The van der Waals surface area contributed by atoms with E-state index in [4.69, 9.17) is 16.9 Å². The maximum Gasteiger partial charge on any atom is 0.432 e. The highest BCUT2D eigenvalue weighted by Crippen LogP contribution is 2.24. The molecule has 0 aliphatic heterocycles. The zero-order valence-corrected chi connectivity index (χ0v) is 9.60. The van der Waals surface area contributed by atoms with E-state index in [1.165, 1.54) is 25.2 Å². The van der Waals surface area contributed by atoms with Gasteiger partial charge in [-0.05, 0) is 24.3 Å². The topological polar surface area (TPSA) is 87.9 Å². The Kier molecular flexibility index (Phi) is 3.85. The van der Waals surface area contributed by atoms with E-state index < -0.39 is 11.9 Å². The first-order valence-electron chi connectivity index (χ1n) is 4.96. The van der Waals surface area contributed by atoms with Crippen LogP contribution in [-0.4, -0.2) is 18.9 Å². The predicted molar refractivity (Wildman–Crippen MR) is 66.1 cm³/mol. The van der Waals surface area contributed by atoms with E-state index in [1.54, 1.807) is 0 Å². The summed E-state index contributed by atoms with van der Waals surface area (Å²) in [5.74, 6) is 0. The average molecular weight is 258 g/mol. The number of allylic oxidation sites excluding steroid dienone is 1. The predicted octanol–water partition coefficient (Wildman–Crippen LogP) is 1.99. The fourth-order valence-electron chi connectivity index (χ4n) is 1.34. The Labute approximate surface area is 102 Å². The van der Waals surface area contributed by atoms with Gasteiger partial charge in [-0.2, -0.15) is 13.2 Å². The van der Waals surface area contributed by atoms with Gasteiger partial charge in [-0.15, -0.1) is 0 Å². The standard InChI is InChI=1S/C11H13F3N4/c1-18-9(5-10(17)11(12,13)14)7-3-2-6(15)4-8(7)16/h2-5,17-18H,15-16H2,1H3/b9-5-,17-10?. The molecule has 0 radical (unpaired) electrons. The van der Waals surface area contributed by atoms with Gasteiger partial charge in [0.2, 0.25) is 0 Å². The highest BCUT2D eigenvalue weighted by atomic mass is 19.4. The molecular formula is C11H13F3N4. The molecule has 1 aromatic carbocycles. The Bertz CT molecular complexity index is 492. The van der Waals surface area contributed by atoms with Gasteiger partial charge in [-0.1, -0.05) is 0 Å². The summed E-state index contributed by atoms with van der Waals surface area (Å²) in [6.07, 6.45) is -4.01. The highest BCUT2D eigenvalue weighted by Gasteiger charge is 2.33. The quantitative estimate of drug-likeness (QED) is 0.494. The Morgan fingerprint density at radius 3 is 2.39 bits per heavy atom. The maximum atomic E-state index is 12.3. The summed E-state index contributed by atoms with van der Waals surface area (Å²) < 4.78 is 36.8. The van der Waals surface area contributed by atoms with Crippen molar-refractivity contribution in [2.45, 2.75) is 6.18 Å². The van der Waals surface area contributed by atoms with Crippen molar-refractivity contribution in [2.24, 2.45) is 0 Å². The van der Waals surface area contributed by atoms with Crippen LogP contribution < -0.4 is 16.8 Å². The van der Waals surface area contributed by atoms with E-state index in [9.17, 15) is 13.2 Å². The fourth-order valence-corrected chi connectivity index (χ4v) is 1.34. The Hall–Kier alpha value is -2.18. The van der Waals surface area contributed by atoms with Crippen molar-refractivity contribution in [1.29, 1.82) is 5.41 Å². The zero-order valence-electron chi connectivity index (χ0n) is 9.60. The minimum absolute atomic E-state index is 0.106. The van der Waals surface area contributed by atoms with Gasteiger partial charge in [0, 0.05) is 29.7 Å². The summed E-state index contributed by atoms with van der Waals surface area (Å²) in [4.78, 5) is 0. The second kappa shape index (κ2) is 4.99. The zero-order chi connectivity index (χ0) is 13.9. The van der Waals surface area contributed by atoms with E-state index in [1.807, 2.05) is 0 Å². The van der Waals surface area contributed by atoms with Gasteiger partial charge in [0.25, 0.3) is 0 Å². The van der Waals surface area contributed by atoms with Crippen LogP contribution in [0.15, 0.2) is 24.3 Å². The molecule has 0 aromatic heterocycles. The Morgan fingerprint density at radius 2 is 1.94 bits per heavy atom. The lowest BCUT2D eigenvalue weighted by molar-refractivity contribution is -0.0583. The second-order valence-electron chi connectivity index (χ2n) is 3.57. The molecule has 0 atom stereocenters. The van der Waals surface area contributed by atoms with Crippen LogP contribution in [0.3, 0.4) is 0 Å². The number of hydrogen-bond acceptors (Lipinski definition) is 4. The van der Waals surface area contributed by atoms with Gasteiger partial charge in [-0.3, -0.25) is 5.41 Å². The average Bonchev–Trinajstić information content (AvgIpc) is 2.25. The lowest BCUT2D eigenvalue weighted by Crippen LogP contribution is -2.21. The molecule has 0 bridgehead atoms. The third-order valence-electron chi connectivity index (χ3n) is 2.23. The number of nitrogens with two attached hydrogens (primary N) is 2. The first-order chi connectivity index (χ1) is 8.25. The van der Waals surface area contributed by atoms with Crippen molar-refractivity contribution in [3.63, 3.8) is 0 Å². The third-order valence-corrected chi connectivity index (χ3v) is 2.23. The summed E-state index contributed by atoms with van der Waals surface area (Å²) in [5.41, 5.74) is 10.8. The molecule has 0 heterocycles. The molecule has 0 unspecified atom stereocenters. The SMILES string of the molecule is CN/C(=C\C(=N)C(F)(F)F)c1ccc(N)cc1N. The molecule has 0 aliphatic rings. The number of rotatable bonds is 3. The fraction of sp³-hybridized carbons (Fsp3) is 0.182. The van der Waals surface area contributed by atoms with Gasteiger partial charge in [0.1, 0.15) is 5.71 Å². The van der Waals surface area contributed by atoms with Crippen LogP contribution in [-0.2, 0) is 0 Å². The molecular weight excluding hydrogens is 245 g/mol. The molecule has 0 saturated heterocycles. The van der Waals surface area contributed by atoms with Crippen LogP contribution in [0.2, 0.25) is 0 Å². The molecule has 18 heavy (non-hydrogen) atoms. The maximum absolute atomic E-state index is 12.3. The van der Waals surface area contributed by atoms with Gasteiger partial charge in [-0.25, -0.2) is 0 Å². The first kappa shape index (κ1) is 13.9. The van der Waals surface area contributed by atoms with Gasteiger partial charge in [0.05, 0.1) is 0 Å². The number of hydrogen-bond donors (Lipinski definition) is 4. The molecule has 7 heteroatoms. The third kappa shape index (κ3) is 3.16. The first-order valence-corrected chi connectivity index (χ1v) is 4.96. The Morgan fingerprint density at radius 1 is 1.33 bits per heavy atom. The number of benzene rings is 1. The lowest BCUT2D eigenvalue weighted by atomic mass is 10.1. The van der Waals surface area contributed by atoms with Crippen molar-refractivity contribution >= 4 is 22.8 Å². The molecule has 1 rings (SSSR count). The minimum atomic E-state index is -4.69. The smallest absolute Gasteiger partial charge is 0.399 e. The molecule has 0 spiro atoms. The van der Waals surface area contributed by atoms with Crippen LogP contribution in [0, 0.1) is 5.41 Å². The largest absolute Gasteiger partial charge is 0.432 e. The number of anilines is 2. The van der Waals surface area contributed by atoms with Crippen molar-refractivity contribution < 1.29 is 13.2 Å². The van der Waals surface area contributed by atoms with Gasteiger partial charge < -0.3 is 16.8 Å². The lowest BCUT2D eigenvalue weighted by Gasteiger charge is -2.12. The summed E-state index contributed by atoms with van der Waals surface area (Å²) in [7, 11) is 1.45. The normalized spacial score (nSPS) is 12.3. The van der Waals surface area contributed by atoms with E-state index in [2.05, 4.69) is 5.32 Å². The number of halogens is 3. The van der Waals surface area contributed by atoms with Crippen LogP contribution in [0.4, 0.5) is 24.5 Å². The molecule has 4 nitrogen and oxygen atoms in total. The number of alkyl halides is 3. The van der Waals surface area contributed by atoms with Crippen molar-refractivity contribution in [1.82, 2.24) is 5.32 Å². The van der Waals surface area contributed by atoms with Crippen molar-refractivity contribution in [3.8, 4) is 0 Å². The minimum Gasteiger partial charge on any atom is -0.399 e. The van der Waals surface area contributed by atoms with E-state index in [0.717, 1.165) is 0 Å². The van der Waals surface area contributed by atoms with Crippen LogP contribution in [0.25, 0.3) is 5.70 Å². The Balaban J connectivity index is 3.18. The molecule has 0 amide bonds.